The van der Waals surface area contributed by atoms with Crippen LogP contribution in [0.5, 0.6) is 0 Å². The van der Waals surface area contributed by atoms with Crippen LogP contribution in [0.1, 0.15) is 62.4 Å². The summed E-state index contributed by atoms with van der Waals surface area (Å²) in [4.78, 5) is 17.2. The predicted octanol–water partition coefficient (Wildman–Crippen LogP) is 6.64. The summed E-state index contributed by atoms with van der Waals surface area (Å²) < 4.78 is 0. The number of benzene rings is 2. The van der Waals surface area contributed by atoms with Crippen molar-refractivity contribution < 1.29 is 4.79 Å². The van der Waals surface area contributed by atoms with E-state index in [0.717, 1.165) is 23.1 Å². The number of allylic oxidation sites excluding steroid dienone is 1. The Hall–Kier alpha value is -4.52. The number of hydrogen-bond acceptors (Lipinski definition) is 8. The molecule has 9 nitrogen and oxygen atoms in total. The van der Waals surface area contributed by atoms with Crippen molar-refractivity contribution in [3.8, 4) is 6.07 Å². The zero-order valence-electron chi connectivity index (χ0n) is 25.7. The monoisotopic (exact) mass is 600 g/mol. The van der Waals surface area contributed by atoms with Crippen molar-refractivity contribution in [2.24, 2.45) is 17.0 Å². The fourth-order valence-corrected chi connectivity index (χ4v) is 4.67. The van der Waals surface area contributed by atoms with Gasteiger partial charge in [-0.25, -0.2) is 5.84 Å². The average molecular weight is 601 g/mol. The number of carbonyl (C=O) groups excluding carboxylic acids is 1. The zero-order chi connectivity index (χ0) is 31.9. The van der Waals surface area contributed by atoms with Gasteiger partial charge in [-0.3, -0.25) is 14.8 Å². The Kier molecular flexibility index (Phi) is 10.8. The number of hydrazine groups is 1. The van der Waals surface area contributed by atoms with Crippen molar-refractivity contribution in [2.75, 3.05) is 24.2 Å². The number of nitrogens with zero attached hydrogens (tertiary/aromatic N) is 4. The van der Waals surface area contributed by atoms with Crippen LogP contribution in [0.25, 0.3) is 17.0 Å². The number of aromatic nitrogens is 1. The first kappa shape index (κ1) is 33.0. The molecule has 0 aliphatic heterocycles. The molecular formula is C33H41ClN8O. The van der Waals surface area contributed by atoms with Crippen LogP contribution in [0.3, 0.4) is 0 Å². The topological polar surface area (TPSA) is 136 Å². The number of rotatable bonds is 12. The van der Waals surface area contributed by atoms with E-state index in [4.69, 9.17) is 23.2 Å². The van der Waals surface area contributed by atoms with Gasteiger partial charge in [0.15, 0.2) is 0 Å². The van der Waals surface area contributed by atoms with Crippen LogP contribution in [-0.2, 0) is 4.79 Å². The van der Waals surface area contributed by atoms with Gasteiger partial charge in [-0.15, -0.1) is 0 Å². The number of nitrogens with two attached hydrogens (primary N) is 2. The molecule has 0 spiro atoms. The van der Waals surface area contributed by atoms with Gasteiger partial charge in [-0.2, -0.15) is 5.26 Å². The number of fused-ring (bicyclic) bond motifs is 1. The lowest BCUT2D eigenvalue weighted by Crippen LogP contribution is -2.28. The van der Waals surface area contributed by atoms with Crippen molar-refractivity contribution in [1.29, 1.82) is 5.26 Å². The van der Waals surface area contributed by atoms with Gasteiger partial charge < -0.3 is 21.3 Å². The molecule has 0 fully saturated rings. The van der Waals surface area contributed by atoms with E-state index in [-0.39, 0.29) is 5.41 Å². The summed E-state index contributed by atoms with van der Waals surface area (Å²) in [5.74, 6) is 6.26. The van der Waals surface area contributed by atoms with Crippen LogP contribution in [0.4, 0.5) is 11.4 Å². The van der Waals surface area contributed by atoms with Gasteiger partial charge in [0.1, 0.15) is 6.07 Å². The third-order valence-electron chi connectivity index (χ3n) is 6.86. The summed E-state index contributed by atoms with van der Waals surface area (Å²) in [6.07, 6.45) is 8.12. The van der Waals surface area contributed by atoms with Crippen LogP contribution in [0.2, 0.25) is 5.02 Å². The van der Waals surface area contributed by atoms with E-state index in [0.29, 0.717) is 57.2 Å². The molecule has 3 rings (SSSR count). The van der Waals surface area contributed by atoms with Gasteiger partial charge in [0.05, 0.1) is 33.5 Å². The molecule has 1 aromatic heterocycles. The van der Waals surface area contributed by atoms with Crippen molar-refractivity contribution in [3.63, 3.8) is 0 Å². The average Bonchev–Trinajstić information content (AvgIpc) is 2.96. The minimum absolute atomic E-state index is 0.0318. The minimum Gasteiger partial charge on any atom is -0.399 e. The summed E-state index contributed by atoms with van der Waals surface area (Å²) in [6.45, 7) is 14.9. The zero-order valence-corrected chi connectivity index (χ0v) is 26.5. The van der Waals surface area contributed by atoms with E-state index >= 15 is 0 Å². The lowest BCUT2D eigenvalue weighted by atomic mass is 9.94. The fourth-order valence-electron chi connectivity index (χ4n) is 4.40. The second kappa shape index (κ2) is 14.1. The number of halogens is 1. The maximum Gasteiger partial charge on any atom is 0.213 e. The van der Waals surface area contributed by atoms with Crippen molar-refractivity contribution in [3.05, 3.63) is 94.2 Å². The van der Waals surface area contributed by atoms with E-state index in [1.807, 2.05) is 44.2 Å². The van der Waals surface area contributed by atoms with Crippen molar-refractivity contribution in [1.82, 2.24) is 14.9 Å². The lowest BCUT2D eigenvalue weighted by Gasteiger charge is -2.26. The lowest BCUT2D eigenvalue weighted by molar-refractivity contribution is -0.114. The van der Waals surface area contributed by atoms with Crippen molar-refractivity contribution >= 4 is 46.4 Å². The Morgan fingerprint density at radius 2 is 2.02 bits per heavy atom. The highest BCUT2D eigenvalue weighted by Crippen LogP contribution is 2.37. The molecular weight excluding hydrogens is 560 g/mol. The summed E-state index contributed by atoms with van der Waals surface area (Å²) in [5, 5.41) is 19.4. The molecule has 1 unspecified atom stereocenters. The molecule has 10 heteroatoms. The molecule has 0 radical (unpaired) electrons. The highest BCUT2D eigenvalue weighted by Gasteiger charge is 2.22. The molecule has 0 saturated carbocycles. The maximum atomic E-state index is 11.3. The normalized spacial score (nSPS) is 12.6. The van der Waals surface area contributed by atoms with Gasteiger partial charge in [-0.1, -0.05) is 64.1 Å². The van der Waals surface area contributed by atoms with E-state index < -0.39 is 6.04 Å². The van der Waals surface area contributed by atoms with Crippen LogP contribution < -0.4 is 22.2 Å². The highest BCUT2D eigenvalue weighted by molar-refractivity contribution is 6.35. The van der Waals surface area contributed by atoms with Crippen LogP contribution in [-0.4, -0.2) is 34.9 Å². The van der Waals surface area contributed by atoms with Crippen molar-refractivity contribution in [2.45, 2.75) is 47.1 Å². The second-order valence-electron chi connectivity index (χ2n) is 11.6. The summed E-state index contributed by atoms with van der Waals surface area (Å²) in [7, 11) is 1.67. The minimum atomic E-state index is -0.566. The van der Waals surface area contributed by atoms with Gasteiger partial charge in [-0.05, 0) is 53.7 Å². The number of anilines is 2. The third-order valence-corrected chi connectivity index (χ3v) is 7.15. The van der Waals surface area contributed by atoms with E-state index in [1.165, 1.54) is 16.1 Å². The molecule has 226 valence electrons. The van der Waals surface area contributed by atoms with Crippen LogP contribution in [0.15, 0.2) is 66.9 Å². The summed E-state index contributed by atoms with van der Waals surface area (Å²) >= 11 is 6.78. The Morgan fingerprint density at radius 3 is 2.65 bits per heavy atom. The first-order valence-corrected chi connectivity index (χ1v) is 14.3. The number of pyridine rings is 1. The Bertz CT molecular complexity index is 1600. The standard InChI is InChI=1S/C33H41ClN8O/c1-8-22(3)42(37)18-29(36)32(26-11-9-10-21(2)25(26)12-13-41(7)20-43)40-24-14-27-30(39-19-33(4,5)6)23(16-35)17-38-31(27)28(34)15-24/h9-15,17-18,20,32,40H,3,8,19,36-37H2,1-2,4-7H3,(H,38,39)/b13-12-,29-18-. The molecule has 1 atom stereocenters. The highest BCUT2D eigenvalue weighted by atomic mass is 35.5. The molecule has 0 aliphatic carbocycles. The third kappa shape index (κ3) is 8.28. The van der Waals surface area contributed by atoms with Gasteiger partial charge in [0.25, 0.3) is 0 Å². The molecule has 0 saturated heterocycles. The quantitative estimate of drug-likeness (QED) is 0.103. The number of hydrogen-bond donors (Lipinski definition) is 4. The second-order valence-corrected chi connectivity index (χ2v) is 12.0. The molecule has 3 aromatic rings. The van der Waals surface area contributed by atoms with E-state index in [1.54, 1.807) is 25.5 Å². The Balaban J connectivity index is 2.23. The number of nitriles is 1. The van der Waals surface area contributed by atoms with E-state index in [9.17, 15) is 10.1 Å². The van der Waals surface area contributed by atoms with Gasteiger partial charge >= 0.3 is 0 Å². The Labute approximate surface area is 259 Å². The maximum absolute atomic E-state index is 11.3. The SMILES string of the molecule is C=C(CC)N(N)/C=C(\N)C(Nc1cc(Cl)c2ncc(C#N)c(NCC(C)(C)C)c2c1)c1cccc(C)c1/C=C\N(C)C=O. The van der Waals surface area contributed by atoms with Gasteiger partial charge in [0, 0.05) is 49.0 Å². The van der Waals surface area contributed by atoms with Gasteiger partial charge in [0.2, 0.25) is 6.41 Å². The number of aryl methyl sites for hydroxylation is 1. The molecule has 43 heavy (non-hydrogen) atoms. The molecule has 0 bridgehead atoms. The molecule has 2 aromatic carbocycles. The van der Waals surface area contributed by atoms with Crippen LogP contribution >= 0.6 is 11.6 Å². The largest absolute Gasteiger partial charge is 0.399 e. The molecule has 6 N–H and O–H groups in total. The molecule has 1 heterocycles. The number of nitrogens with one attached hydrogen (secondary N) is 2. The molecule has 0 aliphatic rings. The Morgan fingerprint density at radius 1 is 1.30 bits per heavy atom. The number of amides is 1. The van der Waals surface area contributed by atoms with Crippen LogP contribution in [0, 0.1) is 23.7 Å². The predicted molar refractivity (Wildman–Crippen MR) is 178 cm³/mol. The summed E-state index contributed by atoms with van der Waals surface area (Å²) in [5.41, 5.74) is 12.9. The first-order valence-electron chi connectivity index (χ1n) is 14.0. The summed E-state index contributed by atoms with van der Waals surface area (Å²) in [6, 6.07) is 11.3. The van der Waals surface area contributed by atoms with E-state index in [2.05, 4.69) is 49.0 Å². The smallest absolute Gasteiger partial charge is 0.213 e. The first-order chi connectivity index (χ1) is 20.3. The number of carbonyl (C=O) groups is 1. The fraction of sp³-hybridized carbons (Fsp3) is 0.303. The molecule has 1 amide bonds.